The number of hydrogen-bond donors (Lipinski definition) is 0. The van der Waals surface area contributed by atoms with E-state index >= 15 is 0 Å². The Bertz CT molecular complexity index is 961. The highest BCUT2D eigenvalue weighted by Gasteiger charge is 2.24. The molecule has 0 amide bonds. The predicted molar refractivity (Wildman–Crippen MR) is 157 cm³/mol. The quantitative estimate of drug-likeness (QED) is 0.136. The summed E-state index contributed by atoms with van der Waals surface area (Å²) < 4.78 is 12.8. The minimum Gasteiger partial charge on any atom is -0.428 e. The molecule has 0 heterocycles. The Balaban J connectivity index is 1.66. The third-order valence-corrected chi connectivity index (χ3v) is 10.8. The second-order valence-electron chi connectivity index (χ2n) is 8.90. The van der Waals surface area contributed by atoms with Gasteiger partial charge >= 0.3 is 5.69 Å². The fourth-order valence-corrected chi connectivity index (χ4v) is 8.26. The van der Waals surface area contributed by atoms with E-state index in [9.17, 15) is 0 Å². The molecular formula is C30H39O2PS2. The third-order valence-electron chi connectivity index (χ3n) is 5.90. The molecule has 0 radical (unpaired) electrons. The minimum absolute atomic E-state index is 0.788. The van der Waals surface area contributed by atoms with Gasteiger partial charge in [0.25, 0.3) is 0 Å². The van der Waals surface area contributed by atoms with Crippen molar-refractivity contribution in [3.8, 4) is 11.5 Å². The molecule has 0 saturated heterocycles. The van der Waals surface area contributed by atoms with E-state index in [0.717, 1.165) is 36.5 Å². The van der Waals surface area contributed by atoms with Gasteiger partial charge in [0.2, 0.25) is 0 Å². The first-order valence-corrected chi connectivity index (χ1v) is 17.2. The van der Waals surface area contributed by atoms with Crippen molar-refractivity contribution < 1.29 is 9.05 Å². The van der Waals surface area contributed by atoms with Gasteiger partial charge in [-0.05, 0) is 96.2 Å². The lowest BCUT2D eigenvalue weighted by Gasteiger charge is -2.23. The molecule has 0 saturated carbocycles. The maximum Gasteiger partial charge on any atom is 0.348 e. The van der Waals surface area contributed by atoms with Crippen molar-refractivity contribution in [2.24, 2.45) is 0 Å². The van der Waals surface area contributed by atoms with Crippen LogP contribution in [0, 0.1) is 0 Å². The van der Waals surface area contributed by atoms with Crippen molar-refractivity contribution in [1.82, 2.24) is 0 Å². The summed E-state index contributed by atoms with van der Waals surface area (Å²) in [6.45, 7) is 4.47. The van der Waals surface area contributed by atoms with Crippen LogP contribution in [0.4, 0.5) is 0 Å². The first-order valence-electron chi connectivity index (χ1n) is 13.0. The second-order valence-corrected chi connectivity index (χ2v) is 15.2. The van der Waals surface area contributed by atoms with Crippen molar-refractivity contribution in [3.63, 3.8) is 0 Å². The van der Waals surface area contributed by atoms with Crippen LogP contribution in [0.2, 0.25) is 0 Å². The van der Waals surface area contributed by atoms with E-state index in [0.29, 0.717) is 0 Å². The fraction of sp³-hybridized carbons (Fsp3) is 0.400. The Kier molecular flexibility index (Phi) is 12.2. The monoisotopic (exact) mass is 526 g/mol. The summed E-state index contributed by atoms with van der Waals surface area (Å²) in [6.07, 6.45) is 10.6. The predicted octanol–water partition coefficient (Wildman–Crippen LogP) is 9.81. The summed E-state index contributed by atoms with van der Waals surface area (Å²) >= 11 is 7.68. The van der Waals surface area contributed by atoms with E-state index in [1.807, 2.05) is 30.3 Å². The molecule has 188 valence electrons. The highest BCUT2D eigenvalue weighted by molar-refractivity contribution is 8.68. The highest BCUT2D eigenvalue weighted by atomic mass is 32.9. The first kappa shape index (κ1) is 27.8. The molecule has 0 spiro atoms. The molecule has 0 bridgehead atoms. The Morgan fingerprint density at radius 2 is 1.06 bits per heavy atom. The SMILES string of the molecule is CCCCCc1ccc(OP(=S)(Oc2ccc(CCCCC)cc2)SCCc2ccccc2)cc1. The Morgan fingerprint density at radius 3 is 1.51 bits per heavy atom. The van der Waals surface area contributed by atoms with Crippen molar-refractivity contribution in [1.29, 1.82) is 0 Å². The summed E-state index contributed by atoms with van der Waals surface area (Å²) in [4.78, 5) is 0. The maximum absolute atomic E-state index is 6.40. The lowest BCUT2D eigenvalue weighted by molar-refractivity contribution is 0.506. The number of unbranched alkanes of at least 4 members (excludes halogenated alkanes) is 4. The van der Waals surface area contributed by atoms with E-state index < -0.39 is 5.69 Å². The molecule has 0 fully saturated rings. The molecule has 2 nitrogen and oxygen atoms in total. The van der Waals surface area contributed by atoms with Crippen LogP contribution in [0.5, 0.6) is 11.5 Å². The standard InChI is InChI=1S/C30H39O2PS2/c1-3-5-8-12-27-16-20-29(21-17-27)31-33(34,35-25-24-26-14-10-7-11-15-26)32-30-22-18-28(19-23-30)13-9-6-4-2/h7,10-11,14-23H,3-6,8-9,12-13,24-25H2,1-2H3. The molecule has 0 aliphatic carbocycles. The summed E-state index contributed by atoms with van der Waals surface area (Å²) in [6, 6.07) is 27.3. The Morgan fingerprint density at radius 1 is 0.600 bits per heavy atom. The zero-order valence-corrected chi connectivity index (χ0v) is 23.7. The Hall–Kier alpha value is -1.74. The minimum atomic E-state index is -2.63. The average Bonchev–Trinajstić information content (AvgIpc) is 2.87. The molecule has 0 atom stereocenters. The van der Waals surface area contributed by atoms with Gasteiger partial charge in [-0.25, -0.2) is 0 Å². The lowest BCUT2D eigenvalue weighted by atomic mass is 10.1. The third kappa shape index (κ3) is 10.4. The van der Waals surface area contributed by atoms with Crippen molar-refractivity contribution in [2.75, 3.05) is 5.75 Å². The zero-order chi connectivity index (χ0) is 24.8. The van der Waals surface area contributed by atoms with Crippen LogP contribution in [0.25, 0.3) is 0 Å². The van der Waals surface area contributed by atoms with Gasteiger partial charge in [0.1, 0.15) is 11.5 Å². The highest BCUT2D eigenvalue weighted by Crippen LogP contribution is 2.60. The molecule has 0 aliphatic rings. The molecule has 3 rings (SSSR count). The van der Waals surface area contributed by atoms with Crippen LogP contribution >= 0.6 is 17.1 Å². The maximum atomic E-state index is 6.40. The van der Waals surface area contributed by atoms with E-state index in [4.69, 9.17) is 20.9 Å². The molecule has 3 aromatic rings. The smallest absolute Gasteiger partial charge is 0.348 e. The van der Waals surface area contributed by atoms with Gasteiger partial charge < -0.3 is 9.05 Å². The number of aryl methyl sites for hydroxylation is 3. The largest absolute Gasteiger partial charge is 0.428 e. The Labute approximate surface area is 221 Å². The van der Waals surface area contributed by atoms with Crippen molar-refractivity contribution in [2.45, 2.75) is 71.6 Å². The van der Waals surface area contributed by atoms with Crippen LogP contribution in [-0.4, -0.2) is 5.75 Å². The molecule has 0 aliphatic heterocycles. The number of hydrogen-bond acceptors (Lipinski definition) is 4. The zero-order valence-electron chi connectivity index (χ0n) is 21.2. The summed E-state index contributed by atoms with van der Waals surface area (Å²) in [5.74, 6) is 2.43. The van der Waals surface area contributed by atoms with Crippen molar-refractivity contribution in [3.05, 3.63) is 95.6 Å². The topological polar surface area (TPSA) is 18.5 Å². The van der Waals surface area contributed by atoms with Gasteiger partial charge in [-0.3, -0.25) is 0 Å². The second kappa shape index (κ2) is 15.4. The molecule has 35 heavy (non-hydrogen) atoms. The number of rotatable bonds is 16. The van der Waals surface area contributed by atoms with Gasteiger partial charge in [-0.15, -0.1) is 0 Å². The van der Waals surface area contributed by atoms with Crippen LogP contribution in [-0.2, 0) is 31.1 Å². The molecule has 0 unspecified atom stereocenters. The first-order chi connectivity index (χ1) is 17.1. The van der Waals surface area contributed by atoms with E-state index in [2.05, 4.69) is 62.4 Å². The van der Waals surface area contributed by atoms with E-state index in [1.54, 1.807) is 11.4 Å². The summed E-state index contributed by atoms with van der Waals surface area (Å²) in [7, 11) is 0. The van der Waals surface area contributed by atoms with E-state index in [-0.39, 0.29) is 0 Å². The van der Waals surface area contributed by atoms with Crippen molar-refractivity contribution >= 4 is 28.9 Å². The molecule has 0 N–H and O–H groups in total. The van der Waals surface area contributed by atoms with Gasteiger partial charge in [0, 0.05) is 5.75 Å². The van der Waals surface area contributed by atoms with Gasteiger partial charge in [-0.2, -0.15) is 0 Å². The molecular weight excluding hydrogens is 487 g/mol. The molecule has 3 aromatic carbocycles. The lowest BCUT2D eigenvalue weighted by Crippen LogP contribution is -2.00. The van der Waals surface area contributed by atoms with Crippen LogP contribution in [0.1, 0.15) is 69.1 Å². The van der Waals surface area contributed by atoms with Gasteiger partial charge in [0.05, 0.1) is 0 Å². The fourth-order valence-electron chi connectivity index (χ4n) is 3.84. The average molecular weight is 527 g/mol. The van der Waals surface area contributed by atoms with Gasteiger partial charge in [0.15, 0.2) is 0 Å². The summed E-state index contributed by atoms with van der Waals surface area (Å²) in [5, 5.41) is 0. The van der Waals surface area contributed by atoms with E-state index in [1.165, 1.54) is 55.2 Å². The normalized spacial score (nSPS) is 11.4. The van der Waals surface area contributed by atoms with Crippen LogP contribution in [0.15, 0.2) is 78.9 Å². The van der Waals surface area contributed by atoms with Crippen LogP contribution in [0.3, 0.4) is 0 Å². The summed E-state index contributed by atoms with van der Waals surface area (Å²) in [5.41, 5.74) is 1.35. The molecule has 5 heteroatoms. The van der Waals surface area contributed by atoms with Gasteiger partial charge in [-0.1, -0.05) is 94.1 Å². The number of benzene rings is 3. The molecule has 0 aromatic heterocycles. The van der Waals surface area contributed by atoms with Crippen LogP contribution < -0.4 is 9.05 Å².